The standard InChI is InChI=1S/C7H9N5/c1-5-9-10-7-4-3-6(8-2)11-12(5)7/h3-4H,1-2H3,(H,8,11). The molecule has 0 aliphatic carbocycles. The molecule has 2 aromatic rings. The lowest BCUT2D eigenvalue weighted by molar-refractivity contribution is 0.878. The van der Waals surface area contributed by atoms with Crippen LogP contribution in [-0.2, 0) is 0 Å². The van der Waals surface area contributed by atoms with Crippen molar-refractivity contribution in [2.75, 3.05) is 12.4 Å². The average molecular weight is 163 g/mol. The highest BCUT2D eigenvalue weighted by atomic mass is 15.4. The molecule has 0 radical (unpaired) electrons. The second-order valence-corrected chi connectivity index (χ2v) is 2.49. The molecule has 2 aromatic heterocycles. The number of nitrogens with one attached hydrogen (secondary N) is 1. The quantitative estimate of drug-likeness (QED) is 0.664. The molecular formula is C7H9N5. The molecule has 0 aliphatic heterocycles. The number of fused-ring (bicyclic) bond motifs is 1. The highest BCUT2D eigenvalue weighted by molar-refractivity contribution is 5.43. The monoisotopic (exact) mass is 163 g/mol. The van der Waals surface area contributed by atoms with Gasteiger partial charge in [-0.25, -0.2) is 0 Å². The van der Waals surface area contributed by atoms with E-state index in [2.05, 4.69) is 20.6 Å². The van der Waals surface area contributed by atoms with Crippen molar-refractivity contribution >= 4 is 11.5 Å². The fourth-order valence-corrected chi connectivity index (χ4v) is 1.03. The van der Waals surface area contributed by atoms with Gasteiger partial charge in [0.2, 0.25) is 0 Å². The maximum atomic E-state index is 4.23. The Balaban J connectivity index is 2.71. The first kappa shape index (κ1) is 7.02. The van der Waals surface area contributed by atoms with Crippen LogP contribution in [-0.4, -0.2) is 26.9 Å². The van der Waals surface area contributed by atoms with Crippen LogP contribution in [0.2, 0.25) is 0 Å². The van der Waals surface area contributed by atoms with Crippen molar-refractivity contribution in [3.05, 3.63) is 18.0 Å². The smallest absolute Gasteiger partial charge is 0.178 e. The molecule has 0 aromatic carbocycles. The van der Waals surface area contributed by atoms with Crippen LogP contribution < -0.4 is 5.32 Å². The Morgan fingerprint density at radius 1 is 1.33 bits per heavy atom. The molecule has 0 spiro atoms. The summed E-state index contributed by atoms with van der Waals surface area (Å²) >= 11 is 0. The molecule has 0 saturated carbocycles. The zero-order valence-electron chi connectivity index (χ0n) is 6.94. The van der Waals surface area contributed by atoms with Crippen LogP contribution in [0.4, 0.5) is 5.82 Å². The first-order valence-corrected chi connectivity index (χ1v) is 3.68. The lowest BCUT2D eigenvalue weighted by atomic mass is 10.5. The molecule has 2 heterocycles. The van der Waals surface area contributed by atoms with Gasteiger partial charge in [0.15, 0.2) is 11.5 Å². The lowest BCUT2D eigenvalue weighted by Crippen LogP contribution is -1.99. The first-order chi connectivity index (χ1) is 5.81. The minimum Gasteiger partial charge on any atom is -0.372 e. The van der Waals surface area contributed by atoms with Gasteiger partial charge in [0.25, 0.3) is 0 Å². The zero-order valence-corrected chi connectivity index (χ0v) is 6.94. The number of rotatable bonds is 1. The van der Waals surface area contributed by atoms with Gasteiger partial charge in [-0.1, -0.05) is 0 Å². The Kier molecular flexibility index (Phi) is 1.43. The van der Waals surface area contributed by atoms with Gasteiger partial charge >= 0.3 is 0 Å². The molecule has 0 amide bonds. The molecule has 0 unspecified atom stereocenters. The van der Waals surface area contributed by atoms with Gasteiger partial charge in [0.1, 0.15) is 5.82 Å². The fraction of sp³-hybridized carbons (Fsp3) is 0.286. The maximum Gasteiger partial charge on any atom is 0.178 e. The highest BCUT2D eigenvalue weighted by Crippen LogP contribution is 2.04. The second-order valence-electron chi connectivity index (χ2n) is 2.49. The van der Waals surface area contributed by atoms with Crippen LogP contribution in [0.3, 0.4) is 0 Å². The van der Waals surface area contributed by atoms with Gasteiger partial charge in [-0.15, -0.1) is 15.3 Å². The third kappa shape index (κ3) is 0.903. The summed E-state index contributed by atoms with van der Waals surface area (Å²) in [5.74, 6) is 1.60. The topological polar surface area (TPSA) is 55.1 Å². The van der Waals surface area contributed by atoms with E-state index < -0.39 is 0 Å². The summed E-state index contributed by atoms with van der Waals surface area (Å²) < 4.78 is 1.70. The summed E-state index contributed by atoms with van der Waals surface area (Å²) in [7, 11) is 1.83. The number of aryl methyl sites for hydroxylation is 1. The molecule has 0 atom stereocenters. The Bertz CT molecular complexity index is 405. The average Bonchev–Trinajstić information content (AvgIpc) is 2.47. The third-order valence-corrected chi connectivity index (χ3v) is 1.67. The number of hydrogen-bond donors (Lipinski definition) is 1. The molecule has 62 valence electrons. The van der Waals surface area contributed by atoms with Crippen LogP contribution in [0.5, 0.6) is 0 Å². The van der Waals surface area contributed by atoms with Crippen molar-refractivity contribution in [1.29, 1.82) is 0 Å². The predicted molar refractivity (Wildman–Crippen MR) is 45.1 cm³/mol. The van der Waals surface area contributed by atoms with Crippen molar-refractivity contribution < 1.29 is 0 Å². The predicted octanol–water partition coefficient (Wildman–Crippen LogP) is 0.474. The molecular weight excluding hydrogens is 154 g/mol. The summed E-state index contributed by atoms with van der Waals surface area (Å²) in [5, 5.41) is 15.0. The molecule has 2 rings (SSSR count). The summed E-state index contributed by atoms with van der Waals surface area (Å²) in [4.78, 5) is 0. The van der Waals surface area contributed by atoms with Gasteiger partial charge in [-0.3, -0.25) is 0 Å². The summed E-state index contributed by atoms with van der Waals surface area (Å²) in [6.07, 6.45) is 0. The number of aromatic nitrogens is 4. The van der Waals surface area contributed by atoms with E-state index in [0.29, 0.717) is 0 Å². The van der Waals surface area contributed by atoms with E-state index in [-0.39, 0.29) is 0 Å². The number of anilines is 1. The Labute approximate surface area is 69.4 Å². The van der Waals surface area contributed by atoms with Crippen LogP contribution in [0.1, 0.15) is 5.82 Å². The minimum atomic E-state index is 0.770. The van der Waals surface area contributed by atoms with Gasteiger partial charge in [0, 0.05) is 7.05 Å². The van der Waals surface area contributed by atoms with E-state index in [1.54, 1.807) is 4.52 Å². The molecule has 0 bridgehead atoms. The fourth-order valence-electron chi connectivity index (χ4n) is 1.03. The van der Waals surface area contributed by atoms with Crippen molar-refractivity contribution in [1.82, 2.24) is 19.8 Å². The van der Waals surface area contributed by atoms with E-state index >= 15 is 0 Å². The van der Waals surface area contributed by atoms with Crippen molar-refractivity contribution in [3.8, 4) is 0 Å². The van der Waals surface area contributed by atoms with Crippen LogP contribution in [0.25, 0.3) is 5.65 Å². The van der Waals surface area contributed by atoms with Crippen molar-refractivity contribution in [2.24, 2.45) is 0 Å². The summed E-state index contributed by atoms with van der Waals surface area (Å²) in [6, 6.07) is 3.74. The number of nitrogens with zero attached hydrogens (tertiary/aromatic N) is 4. The summed E-state index contributed by atoms with van der Waals surface area (Å²) in [6.45, 7) is 1.87. The molecule has 5 nitrogen and oxygen atoms in total. The third-order valence-electron chi connectivity index (χ3n) is 1.67. The van der Waals surface area contributed by atoms with Gasteiger partial charge < -0.3 is 5.32 Å². The van der Waals surface area contributed by atoms with Gasteiger partial charge in [-0.05, 0) is 19.1 Å². The second kappa shape index (κ2) is 2.44. The Morgan fingerprint density at radius 2 is 2.17 bits per heavy atom. The first-order valence-electron chi connectivity index (χ1n) is 3.68. The number of hydrogen-bond acceptors (Lipinski definition) is 4. The van der Waals surface area contributed by atoms with E-state index in [1.807, 2.05) is 26.1 Å². The molecule has 5 heteroatoms. The van der Waals surface area contributed by atoms with Crippen LogP contribution >= 0.6 is 0 Å². The largest absolute Gasteiger partial charge is 0.372 e. The van der Waals surface area contributed by atoms with E-state index in [4.69, 9.17) is 0 Å². The van der Waals surface area contributed by atoms with E-state index in [1.165, 1.54) is 0 Å². The SMILES string of the molecule is CNc1ccc2nnc(C)n2n1. The van der Waals surface area contributed by atoms with Crippen molar-refractivity contribution in [3.63, 3.8) is 0 Å². The summed E-state index contributed by atoms with van der Waals surface area (Å²) in [5.41, 5.74) is 0.770. The maximum absolute atomic E-state index is 4.23. The van der Waals surface area contributed by atoms with E-state index in [9.17, 15) is 0 Å². The van der Waals surface area contributed by atoms with Crippen molar-refractivity contribution in [2.45, 2.75) is 6.92 Å². The zero-order chi connectivity index (χ0) is 8.55. The van der Waals surface area contributed by atoms with Crippen LogP contribution in [0.15, 0.2) is 12.1 Å². The highest BCUT2D eigenvalue weighted by Gasteiger charge is 2.00. The normalized spacial score (nSPS) is 10.5. The van der Waals surface area contributed by atoms with E-state index in [0.717, 1.165) is 17.3 Å². The minimum absolute atomic E-state index is 0.770. The molecule has 0 saturated heterocycles. The van der Waals surface area contributed by atoms with Crippen LogP contribution in [0, 0.1) is 6.92 Å². The van der Waals surface area contributed by atoms with Gasteiger partial charge in [-0.2, -0.15) is 4.52 Å². The molecule has 0 fully saturated rings. The molecule has 1 N–H and O–H groups in total. The Hall–Kier alpha value is -1.65. The van der Waals surface area contributed by atoms with Gasteiger partial charge in [0.05, 0.1) is 0 Å². The Morgan fingerprint density at radius 3 is 2.92 bits per heavy atom. The molecule has 12 heavy (non-hydrogen) atoms. The molecule has 0 aliphatic rings. The lowest BCUT2D eigenvalue weighted by Gasteiger charge is -1.98.